The van der Waals surface area contributed by atoms with Crippen molar-refractivity contribution in [3.63, 3.8) is 0 Å². The van der Waals surface area contributed by atoms with Crippen molar-refractivity contribution in [2.24, 2.45) is 0 Å². The summed E-state index contributed by atoms with van der Waals surface area (Å²) in [7, 11) is 0. The molecule has 21 heavy (non-hydrogen) atoms. The zero-order valence-corrected chi connectivity index (χ0v) is 12.2. The van der Waals surface area contributed by atoms with Crippen molar-refractivity contribution in [3.05, 3.63) is 29.8 Å². The van der Waals surface area contributed by atoms with Crippen molar-refractivity contribution in [1.29, 1.82) is 0 Å². The van der Waals surface area contributed by atoms with Crippen LogP contribution in [-0.2, 0) is 0 Å². The molecule has 0 unspecified atom stereocenters. The van der Waals surface area contributed by atoms with Gasteiger partial charge in [0.05, 0.1) is 25.3 Å². The van der Waals surface area contributed by atoms with Crippen LogP contribution in [0.15, 0.2) is 24.3 Å². The van der Waals surface area contributed by atoms with Crippen LogP contribution in [0.1, 0.15) is 30.6 Å². The molecular formula is C15H20F3NO2. The first kappa shape index (κ1) is 17.5. The maximum Gasteiger partial charge on any atom is 0.401 e. The molecule has 0 spiro atoms. The summed E-state index contributed by atoms with van der Waals surface area (Å²) >= 11 is 0. The van der Waals surface area contributed by atoms with E-state index >= 15 is 0 Å². The van der Waals surface area contributed by atoms with E-state index in [1.807, 2.05) is 0 Å². The monoisotopic (exact) mass is 303 g/mol. The number of Topliss-reactive ketones (excluding diaryl/α,β-unsaturated/α-hetero) is 1. The average Bonchev–Trinajstić information content (AvgIpc) is 2.38. The van der Waals surface area contributed by atoms with Crippen LogP contribution in [0.2, 0.25) is 0 Å². The van der Waals surface area contributed by atoms with Crippen LogP contribution in [0.3, 0.4) is 0 Å². The molecule has 6 heteroatoms. The van der Waals surface area contributed by atoms with Gasteiger partial charge < -0.3 is 4.74 Å². The van der Waals surface area contributed by atoms with Gasteiger partial charge in [-0.3, -0.25) is 9.69 Å². The van der Waals surface area contributed by atoms with Crippen molar-refractivity contribution in [1.82, 2.24) is 4.90 Å². The normalized spacial score (nSPS) is 11.7. The lowest BCUT2D eigenvalue weighted by molar-refractivity contribution is -0.144. The predicted molar refractivity (Wildman–Crippen MR) is 74.7 cm³/mol. The summed E-state index contributed by atoms with van der Waals surface area (Å²) in [5.41, 5.74) is 0.322. The number of carbonyl (C=O) groups is 1. The summed E-state index contributed by atoms with van der Waals surface area (Å²) in [6, 6.07) is 6.61. The highest BCUT2D eigenvalue weighted by atomic mass is 19.4. The van der Waals surface area contributed by atoms with Gasteiger partial charge in [-0.15, -0.1) is 0 Å². The van der Waals surface area contributed by atoms with Gasteiger partial charge in [-0.1, -0.05) is 19.1 Å². The molecule has 3 nitrogen and oxygen atoms in total. The summed E-state index contributed by atoms with van der Waals surface area (Å²) in [6.45, 7) is 2.84. The first-order valence-electron chi connectivity index (χ1n) is 6.91. The fourth-order valence-corrected chi connectivity index (χ4v) is 2.05. The molecule has 0 amide bonds. The third kappa shape index (κ3) is 6.16. The van der Waals surface area contributed by atoms with Gasteiger partial charge in [-0.2, -0.15) is 13.2 Å². The maximum absolute atomic E-state index is 12.5. The van der Waals surface area contributed by atoms with Crippen LogP contribution in [0.25, 0.3) is 0 Å². The minimum absolute atomic E-state index is 0.224. The summed E-state index contributed by atoms with van der Waals surface area (Å²) in [4.78, 5) is 13.3. The maximum atomic E-state index is 12.5. The molecule has 0 heterocycles. The Morgan fingerprint density at radius 2 is 1.90 bits per heavy atom. The number of halogens is 3. The number of ketones is 1. The van der Waals surface area contributed by atoms with E-state index in [0.717, 1.165) is 4.90 Å². The van der Waals surface area contributed by atoms with Gasteiger partial charge in [0, 0.05) is 0 Å². The minimum Gasteiger partial charge on any atom is -0.493 e. The Labute approximate surface area is 122 Å². The summed E-state index contributed by atoms with van der Waals surface area (Å²) in [5.74, 6) is 0.0465. The Hall–Kier alpha value is -1.56. The van der Waals surface area contributed by atoms with Crippen LogP contribution in [0, 0.1) is 0 Å². The summed E-state index contributed by atoms with van der Waals surface area (Å²) in [6.07, 6.45) is -3.76. The highest BCUT2D eigenvalue weighted by Crippen LogP contribution is 2.21. The molecule has 0 bridgehead atoms. The molecular weight excluding hydrogens is 283 g/mol. The number of hydrogen-bond donors (Lipinski definition) is 0. The molecule has 0 aliphatic carbocycles. The van der Waals surface area contributed by atoms with Crippen LogP contribution in [0.5, 0.6) is 5.75 Å². The molecule has 0 aromatic heterocycles. The van der Waals surface area contributed by atoms with Crippen LogP contribution >= 0.6 is 0 Å². The highest BCUT2D eigenvalue weighted by molar-refractivity contribution is 6.00. The molecule has 0 saturated heterocycles. The van der Waals surface area contributed by atoms with E-state index in [-0.39, 0.29) is 18.9 Å². The van der Waals surface area contributed by atoms with Gasteiger partial charge in [0.2, 0.25) is 0 Å². The third-order valence-electron chi connectivity index (χ3n) is 2.80. The topological polar surface area (TPSA) is 29.5 Å². The number of carbonyl (C=O) groups excluding carboxylic acids is 1. The van der Waals surface area contributed by atoms with Crippen LogP contribution < -0.4 is 4.74 Å². The molecule has 0 saturated carbocycles. The van der Waals surface area contributed by atoms with Crippen molar-refractivity contribution < 1.29 is 22.7 Å². The molecule has 0 atom stereocenters. The van der Waals surface area contributed by atoms with E-state index in [1.54, 1.807) is 38.1 Å². The fourth-order valence-electron chi connectivity index (χ4n) is 2.05. The lowest BCUT2D eigenvalue weighted by atomic mass is 10.1. The molecule has 0 fully saturated rings. The second-order valence-corrected chi connectivity index (χ2v) is 4.68. The fraction of sp³-hybridized carbons (Fsp3) is 0.533. The van der Waals surface area contributed by atoms with Gasteiger partial charge in [0.25, 0.3) is 0 Å². The Balaban J connectivity index is 2.82. The van der Waals surface area contributed by atoms with Crippen molar-refractivity contribution in [2.45, 2.75) is 26.4 Å². The quantitative estimate of drug-likeness (QED) is 0.688. The number of benzene rings is 1. The van der Waals surface area contributed by atoms with Crippen molar-refractivity contribution in [3.8, 4) is 5.75 Å². The lowest BCUT2D eigenvalue weighted by Crippen LogP contribution is -2.38. The van der Waals surface area contributed by atoms with Crippen molar-refractivity contribution in [2.75, 3.05) is 26.2 Å². The van der Waals surface area contributed by atoms with Gasteiger partial charge in [-0.05, 0) is 32.0 Å². The zero-order valence-electron chi connectivity index (χ0n) is 12.2. The molecule has 118 valence electrons. The molecule has 0 aliphatic heterocycles. The molecule has 0 N–H and O–H groups in total. The van der Waals surface area contributed by atoms with E-state index in [4.69, 9.17) is 4.74 Å². The lowest BCUT2D eigenvalue weighted by Gasteiger charge is -2.22. The highest BCUT2D eigenvalue weighted by Gasteiger charge is 2.31. The second-order valence-electron chi connectivity index (χ2n) is 4.68. The van der Waals surface area contributed by atoms with E-state index < -0.39 is 12.7 Å². The third-order valence-corrected chi connectivity index (χ3v) is 2.80. The van der Waals surface area contributed by atoms with Crippen LogP contribution in [-0.4, -0.2) is 43.1 Å². The molecule has 1 rings (SSSR count). The SMILES string of the molecule is CCCN(CC(=O)c1ccccc1OCC)CC(F)(F)F. The van der Waals surface area contributed by atoms with E-state index in [0.29, 0.717) is 24.3 Å². The summed E-state index contributed by atoms with van der Waals surface area (Å²) in [5, 5.41) is 0. The molecule has 0 aliphatic rings. The van der Waals surface area contributed by atoms with Gasteiger partial charge in [0.15, 0.2) is 5.78 Å². The standard InChI is InChI=1S/C15H20F3NO2/c1-3-9-19(11-15(16,17)18)10-13(20)12-7-5-6-8-14(12)21-4-2/h5-8H,3-4,9-11H2,1-2H3. The number of alkyl halides is 3. The predicted octanol–water partition coefficient (Wildman–Crippen LogP) is 3.54. The Bertz CT molecular complexity index is 460. The number of hydrogen-bond acceptors (Lipinski definition) is 3. The van der Waals surface area contributed by atoms with E-state index in [1.165, 1.54) is 0 Å². The number of nitrogens with zero attached hydrogens (tertiary/aromatic N) is 1. The van der Waals surface area contributed by atoms with Gasteiger partial charge in [0.1, 0.15) is 5.75 Å². The van der Waals surface area contributed by atoms with E-state index in [9.17, 15) is 18.0 Å². The Morgan fingerprint density at radius 1 is 1.24 bits per heavy atom. The van der Waals surface area contributed by atoms with Gasteiger partial charge >= 0.3 is 6.18 Å². The molecule has 0 radical (unpaired) electrons. The van der Waals surface area contributed by atoms with Crippen molar-refractivity contribution >= 4 is 5.78 Å². The largest absolute Gasteiger partial charge is 0.493 e. The summed E-state index contributed by atoms with van der Waals surface area (Å²) < 4.78 is 42.9. The average molecular weight is 303 g/mol. The van der Waals surface area contributed by atoms with Crippen LogP contribution in [0.4, 0.5) is 13.2 Å². The first-order valence-corrected chi connectivity index (χ1v) is 6.91. The smallest absolute Gasteiger partial charge is 0.401 e. The van der Waals surface area contributed by atoms with E-state index in [2.05, 4.69) is 0 Å². The second kappa shape index (κ2) is 8.02. The number of rotatable bonds is 8. The van der Waals surface area contributed by atoms with Gasteiger partial charge in [-0.25, -0.2) is 0 Å². The Morgan fingerprint density at radius 3 is 2.48 bits per heavy atom. The number of ether oxygens (including phenoxy) is 1. The Kier molecular flexibility index (Phi) is 6.68. The first-order chi connectivity index (χ1) is 9.87. The zero-order chi connectivity index (χ0) is 15.9. The number of para-hydroxylation sites is 1. The minimum atomic E-state index is -4.31. The molecule has 1 aromatic rings. The molecule has 1 aromatic carbocycles.